The van der Waals surface area contributed by atoms with Crippen LogP contribution in [0.15, 0.2) is 24.3 Å². The zero-order chi connectivity index (χ0) is 14.6. The van der Waals surface area contributed by atoms with Crippen molar-refractivity contribution in [1.82, 2.24) is 9.62 Å². The van der Waals surface area contributed by atoms with Crippen molar-refractivity contribution in [2.45, 2.75) is 18.6 Å². The van der Waals surface area contributed by atoms with Crippen molar-refractivity contribution in [3.05, 3.63) is 29.8 Å². The Hall–Kier alpha value is -1.60. The smallest absolute Gasteiger partial charge is 0.237 e. The number of anilines is 1. The summed E-state index contributed by atoms with van der Waals surface area (Å²) in [5.74, 6) is -0.343. The van der Waals surface area contributed by atoms with Crippen molar-refractivity contribution in [1.29, 1.82) is 0 Å². The molecule has 0 saturated carbocycles. The lowest BCUT2D eigenvalue weighted by Gasteiger charge is -2.15. The van der Waals surface area contributed by atoms with E-state index in [2.05, 4.69) is 4.72 Å². The zero-order valence-electron chi connectivity index (χ0n) is 11.2. The molecule has 0 unspecified atom stereocenters. The number of carbonyl (C=O) groups excluding carboxylic acids is 1. The number of benzene rings is 1. The molecule has 20 heavy (non-hydrogen) atoms. The van der Waals surface area contributed by atoms with Gasteiger partial charge in [0.15, 0.2) is 0 Å². The van der Waals surface area contributed by atoms with Crippen molar-refractivity contribution in [2.75, 3.05) is 25.4 Å². The monoisotopic (exact) mass is 297 g/mol. The molecule has 1 aromatic rings. The molecule has 1 aliphatic rings. The van der Waals surface area contributed by atoms with E-state index in [9.17, 15) is 13.2 Å². The van der Waals surface area contributed by atoms with E-state index in [0.29, 0.717) is 11.3 Å². The average Bonchev–Trinajstić information content (AvgIpc) is 2.89. The lowest BCUT2D eigenvalue weighted by molar-refractivity contribution is -0.128. The number of likely N-dealkylation sites (tertiary alicyclic amines) is 1. The van der Waals surface area contributed by atoms with E-state index in [1.54, 1.807) is 29.2 Å². The molecule has 1 heterocycles. The summed E-state index contributed by atoms with van der Waals surface area (Å²) in [6.45, 7) is 1.26. The van der Waals surface area contributed by atoms with E-state index in [1.807, 2.05) is 0 Å². The number of nitrogens with one attached hydrogen (secondary N) is 1. The lowest BCUT2D eigenvalue weighted by atomic mass is 10.2. The topological polar surface area (TPSA) is 92.5 Å². The molecular weight excluding hydrogens is 278 g/mol. The molecule has 0 atom stereocenters. The Morgan fingerprint density at radius 2 is 2.00 bits per heavy atom. The first-order valence-corrected chi connectivity index (χ1v) is 8.21. The number of carbonyl (C=O) groups is 1. The summed E-state index contributed by atoms with van der Waals surface area (Å²) in [5.41, 5.74) is 6.73. The minimum absolute atomic E-state index is 0.168. The van der Waals surface area contributed by atoms with Crippen LogP contribution in [0.3, 0.4) is 0 Å². The summed E-state index contributed by atoms with van der Waals surface area (Å²) < 4.78 is 26.2. The summed E-state index contributed by atoms with van der Waals surface area (Å²) in [7, 11) is -3.53. The second-order valence-corrected chi connectivity index (χ2v) is 6.72. The molecule has 0 aromatic heterocycles. The van der Waals surface area contributed by atoms with Gasteiger partial charge in [0.25, 0.3) is 0 Å². The third-order valence-corrected chi connectivity index (χ3v) is 4.51. The molecule has 1 aromatic carbocycles. The molecule has 7 heteroatoms. The molecule has 3 N–H and O–H groups in total. The van der Waals surface area contributed by atoms with E-state index >= 15 is 0 Å². The van der Waals surface area contributed by atoms with E-state index in [1.165, 1.54) is 0 Å². The van der Waals surface area contributed by atoms with Gasteiger partial charge in [0.1, 0.15) is 0 Å². The summed E-state index contributed by atoms with van der Waals surface area (Å²) in [6.07, 6.45) is 1.98. The normalized spacial score (nSPS) is 15.5. The van der Waals surface area contributed by atoms with Crippen molar-refractivity contribution in [3.8, 4) is 0 Å². The van der Waals surface area contributed by atoms with Gasteiger partial charge in [0, 0.05) is 18.8 Å². The van der Waals surface area contributed by atoms with Gasteiger partial charge in [0.05, 0.1) is 12.3 Å². The van der Waals surface area contributed by atoms with Crippen LogP contribution in [0.2, 0.25) is 0 Å². The number of hydrogen-bond acceptors (Lipinski definition) is 4. The SMILES string of the molecule is Nc1cccc(CS(=O)(=O)NCC(=O)N2CCCC2)c1. The average molecular weight is 297 g/mol. The quantitative estimate of drug-likeness (QED) is 0.765. The highest BCUT2D eigenvalue weighted by atomic mass is 32.2. The molecule has 6 nitrogen and oxygen atoms in total. The third-order valence-electron chi connectivity index (χ3n) is 3.21. The van der Waals surface area contributed by atoms with Crippen molar-refractivity contribution >= 4 is 21.6 Å². The van der Waals surface area contributed by atoms with E-state index < -0.39 is 10.0 Å². The van der Waals surface area contributed by atoms with Crippen LogP contribution < -0.4 is 10.5 Å². The lowest BCUT2D eigenvalue weighted by Crippen LogP contribution is -2.39. The van der Waals surface area contributed by atoms with Crippen molar-refractivity contribution in [2.24, 2.45) is 0 Å². The van der Waals surface area contributed by atoms with Gasteiger partial charge in [0.2, 0.25) is 15.9 Å². The van der Waals surface area contributed by atoms with Crippen LogP contribution in [-0.2, 0) is 20.6 Å². The first-order valence-electron chi connectivity index (χ1n) is 6.56. The Kier molecular flexibility index (Phi) is 4.61. The zero-order valence-corrected chi connectivity index (χ0v) is 12.0. The number of nitrogen functional groups attached to an aromatic ring is 1. The summed E-state index contributed by atoms with van der Waals surface area (Å²) in [5, 5.41) is 0. The number of nitrogens with zero attached hydrogens (tertiary/aromatic N) is 1. The van der Waals surface area contributed by atoms with Crippen LogP contribution in [0.1, 0.15) is 18.4 Å². The Morgan fingerprint density at radius 3 is 2.65 bits per heavy atom. The summed E-state index contributed by atoms with van der Waals surface area (Å²) in [4.78, 5) is 13.5. The maximum atomic E-state index is 11.9. The van der Waals surface area contributed by atoms with Gasteiger partial charge >= 0.3 is 0 Å². The van der Waals surface area contributed by atoms with Crippen LogP contribution in [0.25, 0.3) is 0 Å². The van der Waals surface area contributed by atoms with Gasteiger partial charge < -0.3 is 10.6 Å². The minimum atomic E-state index is -3.53. The predicted octanol–water partition coefficient (Wildman–Crippen LogP) is 0.311. The largest absolute Gasteiger partial charge is 0.399 e. The first kappa shape index (κ1) is 14.8. The fraction of sp³-hybridized carbons (Fsp3) is 0.462. The van der Waals surface area contributed by atoms with Crippen LogP contribution in [0, 0.1) is 0 Å². The molecule has 1 saturated heterocycles. The number of hydrogen-bond donors (Lipinski definition) is 2. The van der Waals surface area contributed by atoms with Crippen molar-refractivity contribution < 1.29 is 13.2 Å². The van der Waals surface area contributed by atoms with E-state index in [4.69, 9.17) is 5.73 Å². The maximum absolute atomic E-state index is 11.9. The molecule has 0 aliphatic carbocycles. The second-order valence-electron chi connectivity index (χ2n) is 4.91. The third kappa shape index (κ3) is 4.21. The Balaban J connectivity index is 1.89. The number of sulfonamides is 1. The molecular formula is C13H19N3O3S. The van der Waals surface area contributed by atoms with E-state index in [0.717, 1.165) is 25.9 Å². The van der Waals surface area contributed by atoms with Gasteiger partial charge in [-0.1, -0.05) is 12.1 Å². The highest BCUT2D eigenvalue weighted by Crippen LogP contribution is 2.10. The Bertz CT molecular complexity index is 580. The van der Waals surface area contributed by atoms with E-state index in [-0.39, 0.29) is 18.2 Å². The summed E-state index contributed by atoms with van der Waals surface area (Å²) >= 11 is 0. The Morgan fingerprint density at radius 1 is 1.30 bits per heavy atom. The molecule has 1 amide bonds. The van der Waals surface area contributed by atoms with Gasteiger partial charge in [-0.3, -0.25) is 4.79 Å². The fourth-order valence-corrected chi connectivity index (χ4v) is 3.27. The molecule has 0 radical (unpaired) electrons. The van der Waals surface area contributed by atoms with Crippen LogP contribution in [0.5, 0.6) is 0 Å². The minimum Gasteiger partial charge on any atom is -0.399 e. The highest BCUT2D eigenvalue weighted by molar-refractivity contribution is 7.88. The fourth-order valence-electron chi connectivity index (χ4n) is 2.20. The molecule has 1 aliphatic heterocycles. The van der Waals surface area contributed by atoms with Crippen LogP contribution >= 0.6 is 0 Å². The molecule has 2 rings (SSSR count). The van der Waals surface area contributed by atoms with Crippen molar-refractivity contribution in [3.63, 3.8) is 0 Å². The van der Waals surface area contributed by atoms with Gasteiger partial charge in [-0.2, -0.15) is 0 Å². The van der Waals surface area contributed by atoms with Crippen LogP contribution in [0.4, 0.5) is 5.69 Å². The molecule has 1 fully saturated rings. The standard InChI is InChI=1S/C13H19N3O3S/c14-12-5-3-4-11(8-12)10-20(18,19)15-9-13(17)16-6-1-2-7-16/h3-5,8,15H,1-2,6-7,9-10,14H2. The number of rotatable bonds is 5. The molecule has 110 valence electrons. The second kappa shape index (κ2) is 6.23. The first-order chi connectivity index (χ1) is 9.46. The molecule has 0 bridgehead atoms. The van der Waals surface area contributed by atoms with Gasteiger partial charge in [-0.25, -0.2) is 13.1 Å². The predicted molar refractivity (Wildman–Crippen MR) is 77.3 cm³/mol. The Labute approximate surface area is 119 Å². The summed E-state index contributed by atoms with van der Waals surface area (Å²) in [6, 6.07) is 6.70. The van der Waals surface area contributed by atoms with Crippen LogP contribution in [-0.4, -0.2) is 38.9 Å². The maximum Gasteiger partial charge on any atom is 0.237 e. The highest BCUT2D eigenvalue weighted by Gasteiger charge is 2.20. The van der Waals surface area contributed by atoms with Gasteiger partial charge in [-0.05, 0) is 30.5 Å². The van der Waals surface area contributed by atoms with Gasteiger partial charge in [-0.15, -0.1) is 0 Å². The molecule has 0 spiro atoms. The number of nitrogens with two attached hydrogens (primary N) is 1. The number of amides is 1.